The zero-order valence-electron chi connectivity index (χ0n) is 22.7. The minimum Gasteiger partial charge on any atom is -0.439 e. The Hall–Kier alpha value is -5.22. The van der Waals surface area contributed by atoms with Crippen molar-refractivity contribution in [3.63, 3.8) is 0 Å². The fourth-order valence-electron chi connectivity index (χ4n) is 6.81. The molecular formula is C37H25N3O. The van der Waals surface area contributed by atoms with Crippen LogP contribution < -0.4 is 0 Å². The number of fused-ring (bicyclic) bond motifs is 8. The predicted molar refractivity (Wildman–Crippen MR) is 167 cm³/mol. The predicted octanol–water partition coefficient (Wildman–Crippen LogP) is 9.45. The molecule has 0 radical (unpaired) electrons. The largest absolute Gasteiger partial charge is 0.439 e. The maximum Gasteiger partial charge on any atom is 0.213 e. The molecule has 8 aromatic rings. The summed E-state index contributed by atoms with van der Waals surface area (Å²) < 4.78 is 8.88. The van der Waals surface area contributed by atoms with Gasteiger partial charge >= 0.3 is 0 Å². The van der Waals surface area contributed by atoms with Crippen molar-refractivity contribution in [1.82, 2.24) is 14.5 Å². The second kappa shape index (κ2) is 7.92. The van der Waals surface area contributed by atoms with Gasteiger partial charge in [-0.25, -0.2) is 9.97 Å². The first kappa shape index (κ1) is 22.6. The van der Waals surface area contributed by atoms with Gasteiger partial charge < -0.3 is 4.42 Å². The summed E-state index contributed by atoms with van der Waals surface area (Å²) in [5.74, 6) is 0.734. The highest BCUT2D eigenvalue weighted by Gasteiger charge is 2.36. The summed E-state index contributed by atoms with van der Waals surface area (Å²) in [7, 11) is 0. The molecule has 0 aliphatic carbocycles. The van der Waals surface area contributed by atoms with Crippen LogP contribution in [0.2, 0.25) is 0 Å². The number of hydrogen-bond donors (Lipinski definition) is 0. The number of rotatable bonds is 2. The quantitative estimate of drug-likeness (QED) is 0.225. The van der Waals surface area contributed by atoms with E-state index in [4.69, 9.17) is 14.4 Å². The lowest BCUT2D eigenvalue weighted by Gasteiger charge is -2.34. The molecule has 4 heteroatoms. The Morgan fingerprint density at radius 2 is 1.39 bits per heavy atom. The van der Waals surface area contributed by atoms with Gasteiger partial charge in [-0.3, -0.25) is 4.57 Å². The van der Waals surface area contributed by atoms with Gasteiger partial charge in [0.05, 0.1) is 27.8 Å². The summed E-state index contributed by atoms with van der Waals surface area (Å²) in [6.45, 7) is 4.66. The topological polar surface area (TPSA) is 43.9 Å². The number of aromatic nitrogens is 3. The summed E-state index contributed by atoms with van der Waals surface area (Å²) in [6.07, 6.45) is 0. The standard InChI is InChI=1S/C37H25N3O/c1-37(2)27-16-10-15-26-32-25-14-7-9-18-31(25)41-36(32)40(34(26)27)30-20-19-23(21-28(30)37)33-24-13-6-8-17-29(24)38-35(39-33)22-11-4-3-5-12-22/h3-21H,1-2H3. The van der Waals surface area contributed by atoms with Gasteiger partial charge in [-0.05, 0) is 35.4 Å². The lowest BCUT2D eigenvalue weighted by atomic mass is 9.74. The second-order valence-electron chi connectivity index (χ2n) is 11.5. The number of furan rings is 1. The van der Waals surface area contributed by atoms with E-state index < -0.39 is 0 Å². The van der Waals surface area contributed by atoms with Gasteiger partial charge in [0.1, 0.15) is 5.58 Å². The Morgan fingerprint density at radius 3 is 2.27 bits per heavy atom. The third-order valence-electron chi connectivity index (χ3n) is 8.80. The van der Waals surface area contributed by atoms with Crippen LogP contribution in [-0.2, 0) is 5.41 Å². The Bertz CT molecular complexity index is 2340. The summed E-state index contributed by atoms with van der Waals surface area (Å²) in [4.78, 5) is 10.1. The first-order valence-electron chi connectivity index (χ1n) is 14.0. The first-order valence-corrected chi connectivity index (χ1v) is 14.0. The molecule has 41 heavy (non-hydrogen) atoms. The molecule has 4 nitrogen and oxygen atoms in total. The second-order valence-corrected chi connectivity index (χ2v) is 11.5. The van der Waals surface area contributed by atoms with E-state index in [0.717, 1.165) is 55.9 Å². The van der Waals surface area contributed by atoms with E-state index in [0.29, 0.717) is 0 Å². The fraction of sp³-hybridized carbons (Fsp3) is 0.0811. The van der Waals surface area contributed by atoms with Crippen molar-refractivity contribution in [3.05, 3.63) is 126 Å². The maximum atomic E-state index is 6.55. The zero-order chi connectivity index (χ0) is 27.3. The molecule has 5 aromatic carbocycles. The molecule has 1 aliphatic heterocycles. The average Bonchev–Trinajstić information content (AvgIpc) is 3.55. The molecule has 3 aromatic heterocycles. The molecule has 4 heterocycles. The van der Waals surface area contributed by atoms with Crippen molar-refractivity contribution in [2.45, 2.75) is 19.3 Å². The van der Waals surface area contributed by atoms with Crippen LogP contribution in [0, 0.1) is 0 Å². The van der Waals surface area contributed by atoms with E-state index in [-0.39, 0.29) is 5.41 Å². The van der Waals surface area contributed by atoms with Crippen molar-refractivity contribution >= 4 is 43.9 Å². The van der Waals surface area contributed by atoms with E-state index in [1.54, 1.807) is 0 Å². The van der Waals surface area contributed by atoms with Gasteiger partial charge in [0.2, 0.25) is 5.71 Å². The summed E-state index contributed by atoms with van der Waals surface area (Å²) >= 11 is 0. The number of benzene rings is 5. The summed E-state index contributed by atoms with van der Waals surface area (Å²) in [6, 6.07) is 40.3. The molecule has 0 N–H and O–H groups in total. The molecule has 0 saturated carbocycles. The van der Waals surface area contributed by atoms with E-state index in [1.807, 2.05) is 30.3 Å². The van der Waals surface area contributed by atoms with Gasteiger partial charge in [-0.2, -0.15) is 0 Å². The highest BCUT2D eigenvalue weighted by Crippen LogP contribution is 2.50. The van der Waals surface area contributed by atoms with Gasteiger partial charge in [0.25, 0.3) is 0 Å². The fourth-order valence-corrected chi connectivity index (χ4v) is 6.81. The lowest BCUT2D eigenvalue weighted by molar-refractivity contribution is 0.612. The van der Waals surface area contributed by atoms with E-state index >= 15 is 0 Å². The van der Waals surface area contributed by atoms with E-state index in [1.165, 1.54) is 27.4 Å². The number of para-hydroxylation sites is 3. The van der Waals surface area contributed by atoms with Crippen molar-refractivity contribution in [2.24, 2.45) is 0 Å². The van der Waals surface area contributed by atoms with Crippen LogP contribution in [0.5, 0.6) is 0 Å². The Balaban J connectivity index is 1.35. The third kappa shape index (κ3) is 2.99. The van der Waals surface area contributed by atoms with E-state index in [9.17, 15) is 0 Å². The Morgan fingerprint density at radius 1 is 0.634 bits per heavy atom. The van der Waals surface area contributed by atoms with Crippen LogP contribution in [0.25, 0.3) is 72.2 Å². The van der Waals surface area contributed by atoms with Crippen LogP contribution in [-0.4, -0.2) is 14.5 Å². The molecule has 0 spiro atoms. The minimum atomic E-state index is -0.225. The SMILES string of the molecule is CC1(C)c2cc(-c3nc(-c4ccccc4)nc4ccccc34)ccc2-n2c3oc4ccccc4c3c3cccc1c32. The molecule has 0 saturated heterocycles. The molecule has 194 valence electrons. The summed E-state index contributed by atoms with van der Waals surface area (Å²) in [5, 5.41) is 4.62. The molecule has 0 unspecified atom stereocenters. The van der Waals surface area contributed by atoms with Crippen LogP contribution >= 0.6 is 0 Å². The van der Waals surface area contributed by atoms with Gasteiger partial charge in [0, 0.05) is 32.7 Å². The van der Waals surface area contributed by atoms with Crippen LogP contribution in [0.15, 0.2) is 120 Å². The maximum absolute atomic E-state index is 6.55. The first-order chi connectivity index (χ1) is 20.1. The van der Waals surface area contributed by atoms with Gasteiger partial charge in [-0.15, -0.1) is 0 Å². The van der Waals surface area contributed by atoms with Crippen molar-refractivity contribution in [1.29, 1.82) is 0 Å². The monoisotopic (exact) mass is 527 g/mol. The number of hydrogen-bond acceptors (Lipinski definition) is 3. The van der Waals surface area contributed by atoms with E-state index in [2.05, 4.69) is 103 Å². The van der Waals surface area contributed by atoms with Crippen LogP contribution in [0.1, 0.15) is 25.0 Å². The molecule has 0 amide bonds. The van der Waals surface area contributed by atoms with Crippen molar-refractivity contribution < 1.29 is 4.42 Å². The average molecular weight is 528 g/mol. The summed E-state index contributed by atoms with van der Waals surface area (Å²) in [5.41, 5.74) is 10.5. The molecule has 0 bridgehead atoms. The lowest BCUT2D eigenvalue weighted by Crippen LogP contribution is -2.26. The number of nitrogens with zero attached hydrogens (tertiary/aromatic N) is 3. The molecule has 1 aliphatic rings. The minimum absolute atomic E-state index is 0.225. The molecule has 0 fully saturated rings. The van der Waals surface area contributed by atoms with Crippen LogP contribution in [0.4, 0.5) is 0 Å². The zero-order valence-corrected chi connectivity index (χ0v) is 22.7. The smallest absolute Gasteiger partial charge is 0.213 e. The normalized spacial score (nSPS) is 13.8. The van der Waals surface area contributed by atoms with Crippen LogP contribution in [0.3, 0.4) is 0 Å². The highest BCUT2D eigenvalue weighted by atomic mass is 16.3. The third-order valence-corrected chi connectivity index (χ3v) is 8.80. The molecular weight excluding hydrogens is 502 g/mol. The Kier molecular flexibility index (Phi) is 4.36. The highest BCUT2D eigenvalue weighted by molar-refractivity contribution is 6.21. The van der Waals surface area contributed by atoms with Gasteiger partial charge in [0.15, 0.2) is 5.82 Å². The molecule has 9 rings (SSSR count). The van der Waals surface area contributed by atoms with Crippen molar-refractivity contribution in [2.75, 3.05) is 0 Å². The van der Waals surface area contributed by atoms with Crippen molar-refractivity contribution in [3.8, 4) is 28.3 Å². The molecule has 0 atom stereocenters. The Labute approximate surface area is 236 Å². The van der Waals surface area contributed by atoms with Gasteiger partial charge in [-0.1, -0.05) is 105 Å².